The molecule has 29 heavy (non-hydrogen) atoms. The summed E-state index contributed by atoms with van der Waals surface area (Å²) >= 11 is 1.55. The van der Waals surface area contributed by atoms with Gasteiger partial charge in [0.25, 0.3) is 5.91 Å². The zero-order valence-corrected chi connectivity index (χ0v) is 17.2. The fourth-order valence-electron chi connectivity index (χ4n) is 2.79. The van der Waals surface area contributed by atoms with Gasteiger partial charge in [0.2, 0.25) is 5.91 Å². The number of hydrogen-bond donors (Lipinski definition) is 2. The summed E-state index contributed by atoms with van der Waals surface area (Å²) in [6.45, 7) is 4.56. The number of hydrogen-bond acceptors (Lipinski definition) is 5. The molecule has 1 heterocycles. The highest BCUT2D eigenvalue weighted by Crippen LogP contribution is 2.21. The van der Waals surface area contributed by atoms with Crippen molar-refractivity contribution in [3.8, 4) is 0 Å². The molecular formula is C21H23N5O2S. The van der Waals surface area contributed by atoms with E-state index >= 15 is 0 Å². The maximum atomic E-state index is 12.7. The van der Waals surface area contributed by atoms with E-state index in [1.807, 2.05) is 55.5 Å². The number of benzene rings is 2. The number of thioether (sulfide) groups is 1. The molecule has 0 aliphatic rings. The van der Waals surface area contributed by atoms with Gasteiger partial charge in [-0.05, 0) is 36.2 Å². The molecule has 0 aliphatic heterocycles. The van der Waals surface area contributed by atoms with Gasteiger partial charge in [0, 0.05) is 37.0 Å². The number of carbonyl (C=O) groups is 2. The van der Waals surface area contributed by atoms with Crippen molar-refractivity contribution < 1.29 is 9.59 Å². The largest absolute Gasteiger partial charge is 0.339 e. The molecule has 1 aromatic heterocycles. The Labute approximate surface area is 173 Å². The smallest absolute Gasteiger partial charge is 0.255 e. The van der Waals surface area contributed by atoms with E-state index in [9.17, 15) is 9.59 Å². The van der Waals surface area contributed by atoms with Crippen molar-refractivity contribution in [2.24, 2.45) is 0 Å². The fraction of sp³-hybridized carbons (Fsp3) is 0.238. The number of amides is 2. The lowest BCUT2D eigenvalue weighted by Crippen LogP contribution is -2.28. The van der Waals surface area contributed by atoms with Gasteiger partial charge in [0.15, 0.2) is 5.16 Å². The summed E-state index contributed by atoms with van der Waals surface area (Å²) in [5.41, 5.74) is 3.27. The Balaban J connectivity index is 1.65. The van der Waals surface area contributed by atoms with E-state index in [1.165, 1.54) is 6.33 Å². The average molecular weight is 410 g/mol. The predicted octanol–water partition coefficient (Wildman–Crippen LogP) is 3.72. The van der Waals surface area contributed by atoms with Crippen LogP contribution >= 0.6 is 11.8 Å². The van der Waals surface area contributed by atoms with Gasteiger partial charge in [-0.25, -0.2) is 4.98 Å². The van der Waals surface area contributed by atoms with Crippen LogP contribution in [0.15, 0.2) is 60.0 Å². The van der Waals surface area contributed by atoms with Crippen LogP contribution in [0.2, 0.25) is 0 Å². The minimum Gasteiger partial charge on any atom is -0.339 e. The number of nitrogens with one attached hydrogen (secondary N) is 2. The van der Waals surface area contributed by atoms with Crippen LogP contribution in [0.25, 0.3) is 0 Å². The van der Waals surface area contributed by atoms with E-state index in [-0.39, 0.29) is 11.8 Å². The molecular weight excluding hydrogens is 386 g/mol. The number of anilines is 1. The van der Waals surface area contributed by atoms with Gasteiger partial charge in [-0.15, -0.1) is 0 Å². The Morgan fingerprint density at radius 3 is 2.55 bits per heavy atom. The number of rotatable bonds is 8. The van der Waals surface area contributed by atoms with Gasteiger partial charge < -0.3 is 10.2 Å². The zero-order chi connectivity index (χ0) is 20.6. The van der Waals surface area contributed by atoms with E-state index in [1.54, 1.807) is 23.6 Å². The number of aromatic amines is 1. The summed E-state index contributed by atoms with van der Waals surface area (Å²) < 4.78 is 0. The van der Waals surface area contributed by atoms with Gasteiger partial charge in [-0.2, -0.15) is 5.10 Å². The molecule has 3 rings (SSSR count). The Kier molecular flexibility index (Phi) is 7.02. The number of H-pyrrole nitrogens is 1. The first-order valence-electron chi connectivity index (χ1n) is 9.28. The van der Waals surface area contributed by atoms with Crippen molar-refractivity contribution in [2.75, 3.05) is 11.9 Å². The Morgan fingerprint density at radius 2 is 1.90 bits per heavy atom. The van der Waals surface area contributed by atoms with Crippen LogP contribution in [0, 0.1) is 0 Å². The van der Waals surface area contributed by atoms with Crippen LogP contribution in [0.5, 0.6) is 0 Å². The minimum atomic E-state index is -0.183. The molecule has 0 atom stereocenters. The van der Waals surface area contributed by atoms with Crippen LogP contribution in [0.4, 0.5) is 5.69 Å². The van der Waals surface area contributed by atoms with Gasteiger partial charge in [0.1, 0.15) is 6.33 Å². The number of aromatic nitrogens is 3. The molecule has 2 N–H and O–H groups in total. The van der Waals surface area contributed by atoms with E-state index in [0.717, 1.165) is 22.0 Å². The molecule has 3 aromatic rings. The van der Waals surface area contributed by atoms with Gasteiger partial charge in [-0.1, -0.05) is 42.1 Å². The van der Waals surface area contributed by atoms with Gasteiger partial charge in [0.05, 0.1) is 0 Å². The molecule has 0 saturated heterocycles. The summed E-state index contributed by atoms with van der Waals surface area (Å²) in [5, 5.41) is 10.4. The van der Waals surface area contributed by atoms with E-state index in [2.05, 4.69) is 20.5 Å². The SMILES string of the molecule is CCN(Cc1ccccc1NC(=O)c1ccc(CSc2ncn[nH]2)cc1)C(C)=O. The molecule has 0 radical (unpaired) electrons. The van der Waals surface area contributed by atoms with Crippen molar-refractivity contribution in [3.63, 3.8) is 0 Å². The molecule has 0 fully saturated rings. The average Bonchev–Trinajstić information content (AvgIpc) is 3.25. The van der Waals surface area contributed by atoms with E-state index in [0.29, 0.717) is 24.3 Å². The summed E-state index contributed by atoms with van der Waals surface area (Å²) in [5.74, 6) is 0.558. The maximum Gasteiger partial charge on any atom is 0.255 e. The second kappa shape index (κ2) is 9.88. The molecule has 0 bridgehead atoms. The number of para-hydroxylation sites is 1. The second-order valence-corrected chi connectivity index (χ2v) is 7.38. The predicted molar refractivity (Wildman–Crippen MR) is 114 cm³/mol. The highest BCUT2D eigenvalue weighted by molar-refractivity contribution is 7.98. The first kappa shape index (κ1) is 20.6. The van der Waals surface area contributed by atoms with E-state index < -0.39 is 0 Å². The van der Waals surface area contributed by atoms with Crippen LogP contribution < -0.4 is 5.32 Å². The number of nitrogens with zero attached hydrogens (tertiary/aromatic N) is 3. The highest BCUT2D eigenvalue weighted by Gasteiger charge is 2.13. The third kappa shape index (κ3) is 5.68. The standard InChI is InChI=1S/C21H23N5O2S/c1-3-26(15(2)27)12-18-6-4-5-7-19(18)24-20(28)17-10-8-16(9-11-17)13-29-21-22-14-23-25-21/h4-11,14H,3,12-13H2,1-2H3,(H,24,28)(H,22,23,25). The monoisotopic (exact) mass is 409 g/mol. The van der Waals surface area contributed by atoms with Crippen molar-refractivity contribution in [2.45, 2.75) is 31.3 Å². The third-order valence-corrected chi connectivity index (χ3v) is 5.39. The van der Waals surface area contributed by atoms with Crippen LogP contribution in [0.1, 0.15) is 35.3 Å². The molecule has 0 aliphatic carbocycles. The third-order valence-electron chi connectivity index (χ3n) is 4.44. The first-order valence-corrected chi connectivity index (χ1v) is 10.3. The summed E-state index contributed by atoms with van der Waals surface area (Å²) in [6.07, 6.45) is 1.48. The normalized spacial score (nSPS) is 10.6. The fourth-order valence-corrected chi connectivity index (χ4v) is 3.53. The van der Waals surface area contributed by atoms with Crippen molar-refractivity contribution in [1.82, 2.24) is 20.1 Å². The summed E-state index contributed by atoms with van der Waals surface area (Å²) in [6, 6.07) is 15.0. The molecule has 2 amide bonds. The van der Waals surface area contributed by atoms with Crippen molar-refractivity contribution in [1.29, 1.82) is 0 Å². The van der Waals surface area contributed by atoms with Crippen LogP contribution in [0.3, 0.4) is 0 Å². The molecule has 8 heteroatoms. The summed E-state index contributed by atoms with van der Waals surface area (Å²) in [7, 11) is 0. The molecule has 2 aromatic carbocycles. The lowest BCUT2D eigenvalue weighted by atomic mass is 10.1. The Morgan fingerprint density at radius 1 is 1.14 bits per heavy atom. The molecule has 0 spiro atoms. The maximum absolute atomic E-state index is 12.7. The van der Waals surface area contributed by atoms with Crippen molar-refractivity contribution in [3.05, 3.63) is 71.5 Å². The van der Waals surface area contributed by atoms with Crippen LogP contribution in [-0.2, 0) is 17.1 Å². The van der Waals surface area contributed by atoms with Crippen molar-refractivity contribution >= 4 is 29.3 Å². The van der Waals surface area contributed by atoms with Crippen LogP contribution in [-0.4, -0.2) is 38.4 Å². The van der Waals surface area contributed by atoms with E-state index in [4.69, 9.17) is 0 Å². The first-order chi connectivity index (χ1) is 14.1. The summed E-state index contributed by atoms with van der Waals surface area (Å²) in [4.78, 5) is 30.2. The lowest BCUT2D eigenvalue weighted by molar-refractivity contribution is -0.129. The Bertz CT molecular complexity index is 957. The molecule has 0 unspecified atom stereocenters. The Hall–Kier alpha value is -3.13. The van der Waals surface area contributed by atoms with Gasteiger partial charge in [-0.3, -0.25) is 14.7 Å². The highest BCUT2D eigenvalue weighted by atomic mass is 32.2. The lowest BCUT2D eigenvalue weighted by Gasteiger charge is -2.21. The molecule has 7 nitrogen and oxygen atoms in total. The zero-order valence-electron chi connectivity index (χ0n) is 16.4. The second-order valence-electron chi connectivity index (χ2n) is 6.42. The molecule has 0 saturated carbocycles. The minimum absolute atomic E-state index is 0.00687. The molecule has 150 valence electrons. The topological polar surface area (TPSA) is 91.0 Å². The quantitative estimate of drug-likeness (QED) is 0.554. The van der Waals surface area contributed by atoms with Gasteiger partial charge >= 0.3 is 0 Å². The number of carbonyl (C=O) groups excluding carboxylic acids is 2.